The van der Waals surface area contributed by atoms with Crippen molar-refractivity contribution in [1.29, 1.82) is 0 Å². The van der Waals surface area contributed by atoms with Crippen molar-refractivity contribution in [3.8, 4) is 17.4 Å². The third kappa shape index (κ3) is 2.31. The quantitative estimate of drug-likeness (QED) is 0.726. The van der Waals surface area contributed by atoms with Crippen molar-refractivity contribution in [2.75, 3.05) is 7.11 Å². The van der Waals surface area contributed by atoms with Crippen LogP contribution < -0.4 is 9.47 Å². The van der Waals surface area contributed by atoms with E-state index >= 15 is 0 Å². The van der Waals surface area contributed by atoms with Crippen molar-refractivity contribution in [2.24, 2.45) is 0 Å². The first-order valence-electron chi connectivity index (χ1n) is 6.92. The average molecular weight is 282 g/mol. The van der Waals surface area contributed by atoms with Crippen LogP contribution in [0.25, 0.3) is 11.1 Å². The maximum Gasteiger partial charge on any atom is 0.261 e. The minimum absolute atomic E-state index is 0.481. The smallest absolute Gasteiger partial charge is 0.261 e. The molecule has 0 amide bonds. The molecule has 3 aromatic rings. The molecule has 0 aliphatic heterocycles. The standard InChI is InChI=1S/C16H14N2O3/c1-19-11-3-2-4-12(9-11)20-14-8-7-13-15(10-5-6-10)18-21-16(13)17-14/h2-4,7-10H,5-6H2,1H3. The predicted octanol–water partition coefficient (Wildman–Crippen LogP) is 3.90. The molecule has 1 aromatic carbocycles. The van der Waals surface area contributed by atoms with Crippen LogP contribution in [0.3, 0.4) is 0 Å². The molecular formula is C16H14N2O3. The van der Waals surface area contributed by atoms with Gasteiger partial charge in [-0.2, -0.15) is 4.98 Å². The van der Waals surface area contributed by atoms with Gasteiger partial charge in [-0.1, -0.05) is 11.2 Å². The number of fused-ring (bicyclic) bond motifs is 1. The van der Waals surface area contributed by atoms with Crippen LogP contribution in [0.1, 0.15) is 24.5 Å². The van der Waals surface area contributed by atoms with E-state index in [1.54, 1.807) is 7.11 Å². The van der Waals surface area contributed by atoms with Gasteiger partial charge in [-0.3, -0.25) is 0 Å². The summed E-state index contributed by atoms with van der Waals surface area (Å²) in [6.07, 6.45) is 2.37. The van der Waals surface area contributed by atoms with Crippen LogP contribution >= 0.6 is 0 Å². The number of rotatable bonds is 4. The molecule has 0 saturated heterocycles. The molecule has 1 aliphatic carbocycles. The van der Waals surface area contributed by atoms with Gasteiger partial charge in [-0.05, 0) is 31.0 Å². The van der Waals surface area contributed by atoms with Crippen molar-refractivity contribution >= 4 is 11.1 Å². The van der Waals surface area contributed by atoms with Crippen LogP contribution in [0, 0.1) is 0 Å². The highest BCUT2D eigenvalue weighted by molar-refractivity contribution is 5.77. The van der Waals surface area contributed by atoms with Crippen molar-refractivity contribution in [1.82, 2.24) is 10.1 Å². The molecule has 0 bridgehead atoms. The van der Waals surface area contributed by atoms with Crippen molar-refractivity contribution in [3.05, 3.63) is 42.1 Å². The second-order valence-corrected chi connectivity index (χ2v) is 5.13. The minimum Gasteiger partial charge on any atom is -0.497 e. The summed E-state index contributed by atoms with van der Waals surface area (Å²) in [6, 6.07) is 11.2. The molecule has 0 radical (unpaired) electrons. The lowest BCUT2D eigenvalue weighted by atomic mass is 10.2. The fraction of sp³-hybridized carbons (Fsp3) is 0.250. The van der Waals surface area contributed by atoms with E-state index in [0.29, 0.717) is 23.3 Å². The zero-order valence-electron chi connectivity index (χ0n) is 11.6. The van der Waals surface area contributed by atoms with E-state index in [2.05, 4.69) is 10.1 Å². The third-order valence-electron chi connectivity index (χ3n) is 3.57. The topological polar surface area (TPSA) is 57.4 Å². The SMILES string of the molecule is COc1cccc(Oc2ccc3c(C4CC4)noc3n2)c1. The van der Waals surface area contributed by atoms with Crippen LogP contribution in [-0.2, 0) is 0 Å². The Labute approximate surface area is 121 Å². The number of ether oxygens (including phenoxy) is 2. The lowest BCUT2D eigenvalue weighted by molar-refractivity contribution is 0.405. The van der Waals surface area contributed by atoms with Gasteiger partial charge in [-0.15, -0.1) is 0 Å². The number of aromatic nitrogens is 2. The molecule has 1 saturated carbocycles. The highest BCUT2D eigenvalue weighted by Gasteiger charge is 2.29. The summed E-state index contributed by atoms with van der Waals surface area (Å²) in [5, 5.41) is 5.10. The van der Waals surface area contributed by atoms with E-state index in [4.69, 9.17) is 14.0 Å². The summed E-state index contributed by atoms with van der Waals surface area (Å²) < 4.78 is 16.2. The molecule has 5 heteroatoms. The molecule has 1 aliphatic rings. The number of methoxy groups -OCH3 is 1. The van der Waals surface area contributed by atoms with E-state index in [0.717, 1.165) is 16.8 Å². The molecule has 2 heterocycles. The minimum atomic E-state index is 0.481. The second kappa shape index (κ2) is 4.77. The largest absolute Gasteiger partial charge is 0.497 e. The summed E-state index contributed by atoms with van der Waals surface area (Å²) in [5.74, 6) is 2.43. The zero-order chi connectivity index (χ0) is 14.2. The summed E-state index contributed by atoms with van der Waals surface area (Å²) >= 11 is 0. The summed E-state index contributed by atoms with van der Waals surface area (Å²) in [6.45, 7) is 0. The number of hydrogen-bond acceptors (Lipinski definition) is 5. The van der Waals surface area contributed by atoms with E-state index in [-0.39, 0.29) is 0 Å². The first-order chi connectivity index (χ1) is 10.3. The second-order valence-electron chi connectivity index (χ2n) is 5.13. The van der Waals surface area contributed by atoms with E-state index in [1.807, 2.05) is 36.4 Å². The molecular weight excluding hydrogens is 268 g/mol. The van der Waals surface area contributed by atoms with E-state index < -0.39 is 0 Å². The number of hydrogen-bond donors (Lipinski definition) is 0. The number of nitrogens with zero attached hydrogens (tertiary/aromatic N) is 2. The molecule has 2 aromatic heterocycles. The van der Waals surface area contributed by atoms with Crippen LogP contribution in [0.2, 0.25) is 0 Å². The van der Waals surface area contributed by atoms with Gasteiger partial charge in [-0.25, -0.2) is 0 Å². The third-order valence-corrected chi connectivity index (χ3v) is 3.57. The number of pyridine rings is 1. The molecule has 0 spiro atoms. The van der Waals surface area contributed by atoms with Crippen molar-refractivity contribution < 1.29 is 14.0 Å². The van der Waals surface area contributed by atoms with Crippen LogP contribution in [0.4, 0.5) is 0 Å². The van der Waals surface area contributed by atoms with E-state index in [9.17, 15) is 0 Å². The number of benzene rings is 1. The maximum absolute atomic E-state index is 5.74. The molecule has 21 heavy (non-hydrogen) atoms. The molecule has 0 N–H and O–H groups in total. The Bertz CT molecular complexity index is 793. The molecule has 1 fully saturated rings. The Hall–Kier alpha value is -2.56. The lowest BCUT2D eigenvalue weighted by Crippen LogP contribution is -1.89. The van der Waals surface area contributed by atoms with Gasteiger partial charge in [0.2, 0.25) is 5.88 Å². The molecule has 0 unspecified atom stereocenters. The first-order valence-corrected chi connectivity index (χ1v) is 6.92. The molecule has 0 atom stereocenters. The van der Waals surface area contributed by atoms with Crippen LogP contribution in [0.15, 0.2) is 40.9 Å². The maximum atomic E-state index is 5.74. The van der Waals surface area contributed by atoms with Gasteiger partial charge in [0.15, 0.2) is 0 Å². The van der Waals surface area contributed by atoms with E-state index in [1.165, 1.54) is 12.8 Å². The summed E-state index contributed by atoms with van der Waals surface area (Å²) in [7, 11) is 1.62. The van der Waals surface area contributed by atoms with Crippen LogP contribution in [-0.4, -0.2) is 17.3 Å². The van der Waals surface area contributed by atoms with Gasteiger partial charge < -0.3 is 14.0 Å². The van der Waals surface area contributed by atoms with Crippen LogP contribution in [0.5, 0.6) is 17.4 Å². The highest BCUT2D eigenvalue weighted by atomic mass is 16.5. The monoisotopic (exact) mass is 282 g/mol. The molecule has 4 rings (SSSR count). The lowest BCUT2D eigenvalue weighted by Gasteiger charge is -2.06. The Balaban J connectivity index is 1.64. The van der Waals surface area contributed by atoms with Gasteiger partial charge in [0.05, 0.1) is 18.2 Å². The van der Waals surface area contributed by atoms with Gasteiger partial charge in [0.1, 0.15) is 11.5 Å². The normalized spacial score (nSPS) is 14.3. The van der Waals surface area contributed by atoms with Crippen molar-refractivity contribution in [3.63, 3.8) is 0 Å². The summed E-state index contributed by atoms with van der Waals surface area (Å²) in [5.41, 5.74) is 1.54. The summed E-state index contributed by atoms with van der Waals surface area (Å²) in [4.78, 5) is 4.36. The molecule has 106 valence electrons. The Morgan fingerprint density at radius 2 is 2.00 bits per heavy atom. The Kier molecular flexibility index (Phi) is 2.77. The fourth-order valence-corrected chi connectivity index (χ4v) is 2.32. The molecule has 5 nitrogen and oxygen atoms in total. The first kappa shape index (κ1) is 12.2. The average Bonchev–Trinajstić information content (AvgIpc) is 3.27. The fourth-order valence-electron chi connectivity index (χ4n) is 2.32. The Morgan fingerprint density at radius 3 is 2.81 bits per heavy atom. The zero-order valence-corrected chi connectivity index (χ0v) is 11.6. The highest BCUT2D eigenvalue weighted by Crippen LogP contribution is 2.42. The Morgan fingerprint density at radius 1 is 1.14 bits per heavy atom. The van der Waals surface area contributed by atoms with Gasteiger partial charge >= 0.3 is 0 Å². The van der Waals surface area contributed by atoms with Crippen molar-refractivity contribution in [2.45, 2.75) is 18.8 Å². The predicted molar refractivity (Wildman–Crippen MR) is 76.8 cm³/mol. The van der Waals surface area contributed by atoms with Gasteiger partial charge in [0.25, 0.3) is 5.71 Å². The van der Waals surface area contributed by atoms with Gasteiger partial charge in [0, 0.05) is 18.1 Å².